The Bertz CT molecular complexity index is 1280. The van der Waals surface area contributed by atoms with E-state index >= 15 is 0 Å². The molecule has 3 N–H and O–H groups in total. The van der Waals surface area contributed by atoms with E-state index in [2.05, 4.69) is 66.1 Å². The molecule has 5 rings (SSSR count). The molecule has 1 fully saturated rings. The van der Waals surface area contributed by atoms with Gasteiger partial charge < -0.3 is 20.4 Å². The fraction of sp³-hybridized carbons (Fsp3) is 0.357. The molecule has 34 heavy (non-hydrogen) atoms. The molecule has 6 heteroatoms. The molecule has 2 aromatic carbocycles. The Morgan fingerprint density at radius 1 is 1.21 bits per heavy atom. The number of rotatable bonds is 5. The lowest BCUT2D eigenvalue weighted by Gasteiger charge is -2.26. The van der Waals surface area contributed by atoms with E-state index in [-0.39, 0.29) is 17.1 Å². The summed E-state index contributed by atoms with van der Waals surface area (Å²) in [5, 5.41) is 8.33. The maximum absolute atomic E-state index is 14.3. The Morgan fingerprint density at radius 2 is 2.03 bits per heavy atom. The first kappa shape index (κ1) is 22.7. The number of anilines is 1. The van der Waals surface area contributed by atoms with Crippen molar-refractivity contribution >= 4 is 27.9 Å². The van der Waals surface area contributed by atoms with Gasteiger partial charge in [0.25, 0.3) is 0 Å². The lowest BCUT2D eigenvalue weighted by atomic mass is 10.0. The van der Waals surface area contributed by atoms with Crippen LogP contribution in [0, 0.1) is 5.82 Å². The summed E-state index contributed by atoms with van der Waals surface area (Å²) in [4.78, 5) is 6.06. The average molecular weight is 461 g/mol. The van der Waals surface area contributed by atoms with Crippen molar-refractivity contribution in [3.8, 4) is 5.75 Å². The van der Waals surface area contributed by atoms with Crippen LogP contribution in [0.3, 0.4) is 0 Å². The molecule has 0 radical (unpaired) electrons. The van der Waals surface area contributed by atoms with Crippen molar-refractivity contribution in [1.82, 2.24) is 15.2 Å². The third kappa shape index (κ3) is 4.48. The first-order valence-corrected chi connectivity index (χ1v) is 11.9. The molecule has 178 valence electrons. The lowest BCUT2D eigenvalue weighted by molar-refractivity contribution is 0.302. The highest BCUT2D eigenvalue weighted by atomic mass is 19.1. The fourth-order valence-electron chi connectivity index (χ4n) is 5.08. The topological polar surface area (TPSA) is 52.3 Å². The van der Waals surface area contributed by atoms with Crippen LogP contribution in [0.2, 0.25) is 0 Å². The number of methoxy groups -OCH3 is 1. The van der Waals surface area contributed by atoms with E-state index in [1.54, 1.807) is 6.07 Å². The number of nitrogens with zero attached hydrogens (tertiary/aromatic N) is 1. The van der Waals surface area contributed by atoms with E-state index in [1.165, 1.54) is 25.2 Å². The van der Waals surface area contributed by atoms with Crippen LogP contribution >= 0.6 is 0 Å². The van der Waals surface area contributed by atoms with Crippen LogP contribution in [0.5, 0.6) is 5.75 Å². The number of fused-ring (bicyclic) bond motifs is 3. The summed E-state index contributed by atoms with van der Waals surface area (Å²) in [6.45, 7) is 14.0. The molecule has 0 spiro atoms. The molecule has 1 aromatic heterocycles. The van der Waals surface area contributed by atoms with Gasteiger partial charge >= 0.3 is 0 Å². The number of H-pyrrole nitrogens is 1. The zero-order valence-corrected chi connectivity index (χ0v) is 20.4. The van der Waals surface area contributed by atoms with Gasteiger partial charge in [0.15, 0.2) is 11.6 Å². The van der Waals surface area contributed by atoms with Gasteiger partial charge in [-0.2, -0.15) is 0 Å². The van der Waals surface area contributed by atoms with E-state index in [9.17, 15) is 4.39 Å². The highest BCUT2D eigenvalue weighted by molar-refractivity contribution is 6.07. The highest BCUT2D eigenvalue weighted by Gasteiger charge is 2.26. The Labute approximate surface area is 200 Å². The molecule has 0 aliphatic carbocycles. The minimum absolute atomic E-state index is 0.142. The minimum atomic E-state index is -0.385. The van der Waals surface area contributed by atoms with E-state index in [4.69, 9.17) is 4.74 Å². The Hall–Kier alpha value is -3.09. The van der Waals surface area contributed by atoms with Crippen LogP contribution < -0.4 is 15.4 Å². The third-order valence-electron chi connectivity index (χ3n) is 6.54. The fourth-order valence-corrected chi connectivity index (χ4v) is 5.08. The Kier molecular flexibility index (Phi) is 5.74. The number of hydrogen-bond acceptors (Lipinski definition) is 4. The minimum Gasteiger partial charge on any atom is -0.494 e. The van der Waals surface area contributed by atoms with Gasteiger partial charge in [0, 0.05) is 53.4 Å². The first-order valence-electron chi connectivity index (χ1n) is 11.9. The van der Waals surface area contributed by atoms with Crippen LogP contribution in [-0.2, 0) is 6.54 Å². The lowest BCUT2D eigenvalue weighted by Crippen LogP contribution is -2.44. The molecule has 3 heterocycles. The molecule has 0 saturated carbocycles. The van der Waals surface area contributed by atoms with Crippen LogP contribution in [0.1, 0.15) is 44.0 Å². The van der Waals surface area contributed by atoms with Crippen LogP contribution in [0.15, 0.2) is 49.1 Å². The third-order valence-corrected chi connectivity index (χ3v) is 6.54. The monoisotopic (exact) mass is 460 g/mol. The Balaban J connectivity index is 1.35. The highest BCUT2D eigenvalue weighted by Crippen LogP contribution is 2.39. The second kappa shape index (κ2) is 8.60. The number of likely N-dealkylation sites (tertiary alicyclic amines) is 1. The molecule has 3 aromatic rings. The largest absolute Gasteiger partial charge is 0.494 e. The van der Waals surface area contributed by atoms with Crippen molar-refractivity contribution in [2.45, 2.75) is 45.3 Å². The second-order valence-electron chi connectivity index (χ2n) is 10.4. The zero-order chi connectivity index (χ0) is 24.0. The van der Waals surface area contributed by atoms with Crippen LogP contribution in [0.25, 0.3) is 22.2 Å². The number of benzene rings is 2. The van der Waals surface area contributed by atoms with Gasteiger partial charge in [-0.05, 0) is 68.7 Å². The molecule has 5 nitrogen and oxygen atoms in total. The van der Waals surface area contributed by atoms with Gasteiger partial charge in [0.2, 0.25) is 0 Å². The van der Waals surface area contributed by atoms with E-state index in [1.807, 2.05) is 12.1 Å². The molecule has 1 saturated heterocycles. The number of aromatic amines is 1. The smallest absolute Gasteiger partial charge is 0.165 e. The van der Waals surface area contributed by atoms with Gasteiger partial charge in [-0.1, -0.05) is 18.7 Å². The van der Waals surface area contributed by atoms with Crippen molar-refractivity contribution in [2.75, 3.05) is 25.5 Å². The number of nitrogens with one attached hydrogen (secondary N) is 3. The predicted molar refractivity (Wildman–Crippen MR) is 138 cm³/mol. The van der Waals surface area contributed by atoms with E-state index in [0.29, 0.717) is 6.04 Å². The SMILES string of the molecule is C=C1C=C(c2ccc(OC)c(F)c2)Nc2c1[nH]c1cc(CN3CCC(NC(C)(C)C)C3)ccc21. The van der Waals surface area contributed by atoms with Gasteiger partial charge in [0.05, 0.1) is 18.5 Å². The summed E-state index contributed by atoms with van der Waals surface area (Å²) in [6, 6.07) is 12.1. The maximum Gasteiger partial charge on any atom is 0.165 e. The van der Waals surface area contributed by atoms with Crippen molar-refractivity contribution in [1.29, 1.82) is 0 Å². The normalized spacial score (nSPS) is 18.7. The average Bonchev–Trinajstić information content (AvgIpc) is 3.36. The number of aromatic nitrogens is 1. The Morgan fingerprint density at radius 3 is 2.76 bits per heavy atom. The summed E-state index contributed by atoms with van der Waals surface area (Å²) >= 11 is 0. The van der Waals surface area contributed by atoms with Gasteiger partial charge in [-0.15, -0.1) is 0 Å². The summed E-state index contributed by atoms with van der Waals surface area (Å²) < 4.78 is 19.3. The van der Waals surface area contributed by atoms with Crippen molar-refractivity contribution < 1.29 is 9.13 Å². The first-order chi connectivity index (χ1) is 16.2. The van der Waals surface area contributed by atoms with Gasteiger partial charge in [-0.25, -0.2) is 4.39 Å². The second-order valence-corrected chi connectivity index (χ2v) is 10.4. The van der Waals surface area contributed by atoms with Crippen molar-refractivity contribution in [2.24, 2.45) is 0 Å². The number of halogens is 1. The number of allylic oxidation sites excluding steroid dienone is 2. The molecule has 2 aliphatic heterocycles. The van der Waals surface area contributed by atoms with Gasteiger partial charge in [0.1, 0.15) is 0 Å². The standard InChI is InChI=1S/C28H33FN4O/c1-17-12-23(19-7-9-25(34-5)22(29)14-19)30-27-21-8-6-18(13-24(21)31-26(17)27)15-33-11-10-20(16-33)32-28(2,3)4/h6-9,12-14,20,30-32H,1,10-11,15-16H2,2-5H3. The quantitative estimate of drug-likeness (QED) is 0.453. The van der Waals surface area contributed by atoms with Gasteiger partial charge in [-0.3, -0.25) is 4.90 Å². The number of hydrogen-bond donors (Lipinski definition) is 3. The molecular formula is C28H33FN4O. The maximum atomic E-state index is 14.3. The molecular weight excluding hydrogens is 427 g/mol. The molecule has 2 aliphatic rings. The molecule has 0 bridgehead atoms. The summed E-state index contributed by atoms with van der Waals surface area (Å²) in [7, 11) is 1.47. The number of ether oxygens (including phenoxy) is 1. The molecule has 1 atom stereocenters. The van der Waals surface area contributed by atoms with Crippen molar-refractivity contribution in [3.63, 3.8) is 0 Å². The van der Waals surface area contributed by atoms with Crippen molar-refractivity contribution in [3.05, 3.63) is 71.7 Å². The van der Waals surface area contributed by atoms with Crippen LogP contribution in [-0.4, -0.2) is 41.7 Å². The predicted octanol–water partition coefficient (Wildman–Crippen LogP) is 5.76. The summed E-state index contributed by atoms with van der Waals surface area (Å²) in [6.07, 6.45) is 3.13. The zero-order valence-electron chi connectivity index (χ0n) is 20.4. The molecule has 0 amide bonds. The molecule has 1 unspecified atom stereocenters. The summed E-state index contributed by atoms with van der Waals surface area (Å²) in [5.41, 5.74) is 6.91. The van der Waals surface area contributed by atoms with E-state index in [0.717, 1.165) is 58.8 Å². The summed E-state index contributed by atoms with van der Waals surface area (Å²) in [5.74, 6) is -0.151. The van der Waals surface area contributed by atoms with Crippen LogP contribution in [0.4, 0.5) is 10.1 Å². The van der Waals surface area contributed by atoms with E-state index < -0.39 is 0 Å².